The lowest BCUT2D eigenvalue weighted by atomic mass is 10.2. The fourth-order valence-electron chi connectivity index (χ4n) is 2.58. The number of nitrogens with one attached hydrogen (secondary N) is 1. The van der Waals surface area contributed by atoms with E-state index >= 15 is 0 Å². The van der Waals surface area contributed by atoms with Gasteiger partial charge in [0.2, 0.25) is 5.76 Å². The molecule has 25 heavy (non-hydrogen) atoms. The molecule has 1 aromatic carbocycles. The molecule has 0 unspecified atom stereocenters. The number of amides is 1. The van der Waals surface area contributed by atoms with Crippen LogP contribution in [0.2, 0.25) is 5.02 Å². The van der Waals surface area contributed by atoms with Gasteiger partial charge in [0.05, 0.1) is 17.4 Å². The van der Waals surface area contributed by atoms with E-state index in [9.17, 15) is 9.59 Å². The van der Waals surface area contributed by atoms with Gasteiger partial charge in [-0.2, -0.15) is 0 Å². The molecule has 0 saturated carbocycles. The Kier molecular flexibility index (Phi) is 5.23. The summed E-state index contributed by atoms with van der Waals surface area (Å²) in [5.41, 5.74) is 0.226. The van der Waals surface area contributed by atoms with Crippen LogP contribution < -0.4 is 5.56 Å². The first kappa shape index (κ1) is 17.3. The molecule has 132 valence electrons. The van der Waals surface area contributed by atoms with Gasteiger partial charge in [-0.15, -0.1) is 0 Å². The second-order valence-electron chi connectivity index (χ2n) is 5.60. The number of hydrogen-bond donors (Lipinski definition) is 1. The average Bonchev–Trinajstić information content (AvgIpc) is 2.61. The molecule has 1 aliphatic rings. The molecule has 0 saturated heterocycles. The quantitative estimate of drug-likeness (QED) is 0.880. The van der Waals surface area contributed by atoms with Gasteiger partial charge in [0.25, 0.3) is 11.5 Å². The van der Waals surface area contributed by atoms with Gasteiger partial charge in [-0.1, -0.05) is 18.5 Å². The fraction of sp³-hybridized carbons (Fsp3) is 0.353. The molecular formula is C17H18ClN3O4. The topological polar surface area (TPSA) is 84.5 Å². The Bertz CT molecular complexity index is 878. The molecule has 0 spiro atoms. The predicted octanol–water partition coefficient (Wildman–Crippen LogP) is 2.20. The number of carbonyl (C=O) groups is 1. The highest BCUT2D eigenvalue weighted by molar-refractivity contribution is 6.31. The summed E-state index contributed by atoms with van der Waals surface area (Å²) in [5, 5.41) is 0.948. The third kappa shape index (κ3) is 3.93. The van der Waals surface area contributed by atoms with Crippen molar-refractivity contribution in [2.24, 2.45) is 0 Å². The van der Waals surface area contributed by atoms with Crippen LogP contribution in [-0.4, -0.2) is 40.5 Å². The maximum absolute atomic E-state index is 12.6. The van der Waals surface area contributed by atoms with Gasteiger partial charge in [0.1, 0.15) is 25.3 Å². The lowest BCUT2D eigenvalue weighted by molar-refractivity contribution is -0.133. The van der Waals surface area contributed by atoms with E-state index in [1.54, 1.807) is 23.1 Å². The maximum Gasteiger partial charge on any atom is 0.292 e. The summed E-state index contributed by atoms with van der Waals surface area (Å²) in [6.07, 6.45) is 2.08. The number of fused-ring (bicyclic) bond motifs is 1. The Labute approximate surface area is 149 Å². The van der Waals surface area contributed by atoms with Gasteiger partial charge in [-0.3, -0.25) is 9.59 Å². The smallest absolute Gasteiger partial charge is 0.292 e. The molecule has 0 atom stereocenters. The van der Waals surface area contributed by atoms with Gasteiger partial charge in [-0.05, 0) is 24.6 Å². The zero-order valence-electron chi connectivity index (χ0n) is 13.8. The average molecular weight is 364 g/mol. The molecule has 0 bridgehead atoms. The highest BCUT2D eigenvalue weighted by Gasteiger charge is 2.22. The van der Waals surface area contributed by atoms with E-state index in [-0.39, 0.29) is 23.8 Å². The van der Waals surface area contributed by atoms with E-state index in [4.69, 9.17) is 21.1 Å². The SMILES string of the molecule is CCCN(Cc1nc2cc(Cl)ccc2c(=O)[nH]1)C(=O)C1=COCCO1. The zero-order valence-corrected chi connectivity index (χ0v) is 14.5. The van der Waals surface area contributed by atoms with Crippen molar-refractivity contribution >= 4 is 28.4 Å². The van der Waals surface area contributed by atoms with Crippen LogP contribution >= 0.6 is 11.6 Å². The van der Waals surface area contributed by atoms with E-state index in [0.717, 1.165) is 6.42 Å². The van der Waals surface area contributed by atoms with Crippen molar-refractivity contribution in [2.75, 3.05) is 19.8 Å². The van der Waals surface area contributed by atoms with Crippen LogP contribution in [0.5, 0.6) is 0 Å². The predicted molar refractivity (Wildman–Crippen MR) is 93.1 cm³/mol. The van der Waals surface area contributed by atoms with Crippen molar-refractivity contribution in [1.82, 2.24) is 14.9 Å². The van der Waals surface area contributed by atoms with Crippen molar-refractivity contribution in [3.63, 3.8) is 0 Å². The molecule has 1 N–H and O–H groups in total. The number of carbonyl (C=O) groups excluding carboxylic acids is 1. The number of halogens is 1. The van der Waals surface area contributed by atoms with Gasteiger partial charge < -0.3 is 19.4 Å². The lowest BCUT2D eigenvalue weighted by Crippen LogP contribution is -2.35. The summed E-state index contributed by atoms with van der Waals surface area (Å²) in [7, 11) is 0. The summed E-state index contributed by atoms with van der Waals surface area (Å²) in [5.74, 6) is 0.250. The maximum atomic E-state index is 12.6. The van der Waals surface area contributed by atoms with Crippen molar-refractivity contribution in [1.29, 1.82) is 0 Å². The van der Waals surface area contributed by atoms with Crippen LogP contribution in [0.4, 0.5) is 0 Å². The van der Waals surface area contributed by atoms with Gasteiger partial charge >= 0.3 is 0 Å². The zero-order chi connectivity index (χ0) is 17.8. The summed E-state index contributed by atoms with van der Waals surface area (Å²) >= 11 is 5.98. The van der Waals surface area contributed by atoms with Crippen molar-refractivity contribution in [3.05, 3.63) is 51.4 Å². The summed E-state index contributed by atoms with van der Waals surface area (Å²) < 4.78 is 10.5. The minimum atomic E-state index is -0.296. The number of aromatic nitrogens is 2. The van der Waals surface area contributed by atoms with Crippen LogP contribution in [0, 0.1) is 0 Å². The van der Waals surface area contributed by atoms with Crippen molar-refractivity contribution < 1.29 is 14.3 Å². The molecular weight excluding hydrogens is 346 g/mol. The van der Waals surface area contributed by atoms with Crippen molar-refractivity contribution in [2.45, 2.75) is 19.9 Å². The Morgan fingerprint density at radius 1 is 1.40 bits per heavy atom. The van der Waals surface area contributed by atoms with Gasteiger partial charge in [0.15, 0.2) is 0 Å². The molecule has 8 heteroatoms. The summed E-state index contributed by atoms with van der Waals surface area (Å²) in [6, 6.07) is 4.89. The molecule has 3 rings (SSSR count). The molecule has 2 aromatic rings. The van der Waals surface area contributed by atoms with Crippen LogP contribution in [0.15, 0.2) is 35.0 Å². The Morgan fingerprint density at radius 2 is 2.24 bits per heavy atom. The summed E-state index contributed by atoms with van der Waals surface area (Å²) in [6.45, 7) is 3.37. The highest BCUT2D eigenvalue weighted by Crippen LogP contribution is 2.16. The third-order valence-corrected chi connectivity index (χ3v) is 3.93. The molecule has 1 aliphatic heterocycles. The van der Waals surface area contributed by atoms with E-state index in [2.05, 4.69) is 9.97 Å². The van der Waals surface area contributed by atoms with Crippen LogP contribution in [0.25, 0.3) is 10.9 Å². The Morgan fingerprint density at radius 3 is 2.96 bits per heavy atom. The first-order chi connectivity index (χ1) is 12.1. The minimum Gasteiger partial charge on any atom is -0.494 e. The fourth-order valence-corrected chi connectivity index (χ4v) is 2.74. The Balaban J connectivity index is 1.89. The minimum absolute atomic E-state index is 0.158. The van der Waals surface area contributed by atoms with Gasteiger partial charge in [-0.25, -0.2) is 4.98 Å². The summed E-state index contributed by atoms with van der Waals surface area (Å²) in [4.78, 5) is 33.5. The highest BCUT2D eigenvalue weighted by atomic mass is 35.5. The third-order valence-electron chi connectivity index (χ3n) is 3.70. The largest absolute Gasteiger partial charge is 0.494 e. The first-order valence-corrected chi connectivity index (χ1v) is 8.38. The van der Waals surface area contributed by atoms with Crippen LogP contribution in [-0.2, 0) is 20.8 Å². The molecule has 0 aliphatic carbocycles. The van der Waals surface area contributed by atoms with E-state index in [1.165, 1.54) is 6.26 Å². The number of aromatic amines is 1. The second kappa shape index (κ2) is 7.57. The monoisotopic (exact) mass is 363 g/mol. The normalized spacial score (nSPS) is 13.8. The standard InChI is InChI=1S/C17H18ClN3O4/c1-2-5-21(17(23)14-10-24-6-7-25-14)9-15-19-13-8-11(18)3-4-12(13)16(22)20-15/h3-4,8,10H,2,5-7,9H2,1H3,(H,19,20,22). The number of hydrogen-bond acceptors (Lipinski definition) is 5. The number of rotatable bonds is 5. The molecule has 0 radical (unpaired) electrons. The van der Waals surface area contributed by atoms with Crippen LogP contribution in [0.1, 0.15) is 19.2 Å². The molecule has 2 heterocycles. The Hall–Kier alpha value is -2.54. The molecule has 1 amide bonds. The second-order valence-corrected chi connectivity index (χ2v) is 6.04. The molecule has 1 aromatic heterocycles. The van der Waals surface area contributed by atoms with Gasteiger partial charge in [0, 0.05) is 11.6 Å². The van der Waals surface area contributed by atoms with E-state index in [0.29, 0.717) is 41.5 Å². The van der Waals surface area contributed by atoms with E-state index < -0.39 is 0 Å². The number of benzene rings is 1. The lowest BCUT2D eigenvalue weighted by Gasteiger charge is -2.24. The molecule has 0 fully saturated rings. The van der Waals surface area contributed by atoms with E-state index in [1.807, 2.05) is 6.92 Å². The van der Waals surface area contributed by atoms with Crippen LogP contribution in [0.3, 0.4) is 0 Å². The number of nitrogens with zero attached hydrogens (tertiary/aromatic N) is 2. The number of H-pyrrole nitrogens is 1. The first-order valence-electron chi connectivity index (χ1n) is 8.01. The molecule has 7 nitrogen and oxygen atoms in total. The van der Waals surface area contributed by atoms with Crippen molar-refractivity contribution in [3.8, 4) is 0 Å². The number of ether oxygens (including phenoxy) is 2.